The number of nitriles is 1. The summed E-state index contributed by atoms with van der Waals surface area (Å²) in [5.74, 6) is 0.550. The van der Waals surface area contributed by atoms with Gasteiger partial charge in [0.15, 0.2) is 11.5 Å². The lowest BCUT2D eigenvalue weighted by molar-refractivity contribution is 1.01. The van der Waals surface area contributed by atoms with Crippen molar-refractivity contribution >= 4 is 27.2 Å². The summed E-state index contributed by atoms with van der Waals surface area (Å²) in [7, 11) is 0. The van der Waals surface area contributed by atoms with Crippen LogP contribution < -0.4 is 5.32 Å². The molecule has 2 aromatic heterocycles. The second kappa shape index (κ2) is 5.68. The van der Waals surface area contributed by atoms with Gasteiger partial charge in [-0.2, -0.15) is 5.26 Å². The molecule has 0 spiro atoms. The number of nitrogens with zero attached hydrogens (tertiary/aromatic N) is 3. The van der Waals surface area contributed by atoms with Crippen LogP contribution >= 0.6 is 11.3 Å². The fourth-order valence-corrected chi connectivity index (χ4v) is 3.09. The molecule has 1 N–H and O–H groups in total. The lowest BCUT2D eigenvalue weighted by atomic mass is 10.1. The number of nitrogens with one attached hydrogen (secondary N) is 1. The average Bonchev–Trinajstić information content (AvgIpc) is 2.91. The second-order valence-corrected chi connectivity index (χ2v) is 5.21. The Morgan fingerprint density at radius 1 is 1.20 bits per heavy atom. The molecular formula is C15H12N4S. The van der Waals surface area contributed by atoms with Crippen molar-refractivity contribution in [3.63, 3.8) is 0 Å². The molecule has 98 valence electrons. The van der Waals surface area contributed by atoms with E-state index >= 15 is 0 Å². The Kier molecular flexibility index (Phi) is 3.57. The van der Waals surface area contributed by atoms with Crippen LogP contribution in [-0.4, -0.2) is 16.5 Å². The maximum Gasteiger partial charge on any atom is 0.182 e. The van der Waals surface area contributed by atoms with Crippen molar-refractivity contribution in [2.45, 2.75) is 6.42 Å². The zero-order valence-electron chi connectivity index (χ0n) is 10.7. The maximum absolute atomic E-state index is 8.95. The molecule has 4 nitrogen and oxygen atoms in total. The van der Waals surface area contributed by atoms with Gasteiger partial charge in [0, 0.05) is 23.6 Å². The Morgan fingerprint density at radius 2 is 2.05 bits per heavy atom. The van der Waals surface area contributed by atoms with Crippen molar-refractivity contribution in [3.05, 3.63) is 53.3 Å². The van der Waals surface area contributed by atoms with Crippen LogP contribution in [0, 0.1) is 11.3 Å². The topological polar surface area (TPSA) is 61.6 Å². The van der Waals surface area contributed by atoms with Gasteiger partial charge in [0.1, 0.15) is 6.07 Å². The van der Waals surface area contributed by atoms with Gasteiger partial charge in [0.25, 0.3) is 0 Å². The van der Waals surface area contributed by atoms with Gasteiger partial charge >= 0.3 is 0 Å². The first-order valence-corrected chi connectivity index (χ1v) is 7.16. The highest BCUT2D eigenvalue weighted by atomic mass is 32.1. The van der Waals surface area contributed by atoms with Crippen molar-refractivity contribution < 1.29 is 0 Å². The van der Waals surface area contributed by atoms with E-state index in [0.717, 1.165) is 13.0 Å². The van der Waals surface area contributed by atoms with E-state index in [1.54, 1.807) is 17.5 Å². The van der Waals surface area contributed by atoms with E-state index in [1.165, 1.54) is 21.8 Å². The van der Waals surface area contributed by atoms with Crippen molar-refractivity contribution in [2.75, 3.05) is 11.9 Å². The van der Waals surface area contributed by atoms with Gasteiger partial charge < -0.3 is 5.32 Å². The number of thiophene rings is 1. The summed E-state index contributed by atoms with van der Waals surface area (Å²) >= 11 is 1.76. The molecule has 0 bridgehead atoms. The Labute approximate surface area is 120 Å². The zero-order valence-corrected chi connectivity index (χ0v) is 11.5. The molecule has 0 fully saturated rings. The van der Waals surface area contributed by atoms with Gasteiger partial charge in [-0.3, -0.25) is 0 Å². The summed E-state index contributed by atoms with van der Waals surface area (Å²) in [6.45, 7) is 0.730. The molecule has 3 rings (SSSR count). The highest BCUT2D eigenvalue weighted by molar-refractivity contribution is 7.17. The Bertz CT molecular complexity index is 773. The maximum atomic E-state index is 8.95. The fraction of sp³-hybridized carbons (Fsp3) is 0.133. The highest BCUT2D eigenvalue weighted by Crippen LogP contribution is 2.25. The van der Waals surface area contributed by atoms with Crippen LogP contribution in [0.4, 0.5) is 5.82 Å². The largest absolute Gasteiger partial charge is 0.367 e. The molecular weight excluding hydrogens is 268 g/mol. The third kappa shape index (κ3) is 2.46. The van der Waals surface area contributed by atoms with Crippen LogP contribution in [0.25, 0.3) is 10.1 Å². The molecule has 0 aliphatic rings. The fourth-order valence-electron chi connectivity index (χ4n) is 2.09. The number of benzene rings is 1. The van der Waals surface area contributed by atoms with Crippen molar-refractivity contribution in [1.29, 1.82) is 5.26 Å². The Balaban J connectivity index is 1.70. The molecule has 0 saturated heterocycles. The van der Waals surface area contributed by atoms with Gasteiger partial charge in [0.2, 0.25) is 0 Å². The summed E-state index contributed by atoms with van der Waals surface area (Å²) < 4.78 is 1.31. The van der Waals surface area contributed by atoms with Crippen molar-refractivity contribution in [3.8, 4) is 6.07 Å². The highest BCUT2D eigenvalue weighted by Gasteiger charge is 2.05. The quantitative estimate of drug-likeness (QED) is 0.797. The predicted molar refractivity (Wildman–Crippen MR) is 80.8 cm³/mol. The minimum absolute atomic E-state index is 0.336. The molecule has 0 radical (unpaired) electrons. The number of anilines is 1. The van der Waals surface area contributed by atoms with Crippen molar-refractivity contribution in [1.82, 2.24) is 9.97 Å². The van der Waals surface area contributed by atoms with E-state index in [2.05, 4.69) is 44.9 Å². The van der Waals surface area contributed by atoms with E-state index in [0.29, 0.717) is 11.5 Å². The number of hydrogen-bond acceptors (Lipinski definition) is 5. The van der Waals surface area contributed by atoms with Gasteiger partial charge in [-0.15, -0.1) is 11.3 Å². The minimum atomic E-state index is 0.336. The smallest absolute Gasteiger partial charge is 0.182 e. The van der Waals surface area contributed by atoms with Crippen LogP contribution in [0.15, 0.2) is 42.0 Å². The molecule has 0 amide bonds. The third-order valence-electron chi connectivity index (χ3n) is 3.05. The summed E-state index contributed by atoms with van der Waals surface area (Å²) in [6.07, 6.45) is 4.00. The van der Waals surface area contributed by atoms with Gasteiger partial charge in [-0.1, -0.05) is 18.2 Å². The van der Waals surface area contributed by atoms with E-state index in [1.807, 2.05) is 6.07 Å². The number of rotatable bonds is 4. The van der Waals surface area contributed by atoms with E-state index in [4.69, 9.17) is 5.26 Å². The standard InChI is InChI=1S/C15H12N4S/c16-9-13-15(19-8-7-17-13)18-6-5-11-10-20-14-4-2-1-3-12(11)14/h1-4,7-8,10H,5-6H2,(H,18,19). The molecule has 0 aliphatic carbocycles. The Hall–Kier alpha value is -2.45. The lowest BCUT2D eigenvalue weighted by Gasteiger charge is -2.05. The van der Waals surface area contributed by atoms with Gasteiger partial charge in [-0.05, 0) is 28.8 Å². The molecule has 0 saturated carbocycles. The predicted octanol–water partition coefficient (Wildman–Crippen LogP) is 3.22. The zero-order chi connectivity index (χ0) is 13.8. The normalized spacial score (nSPS) is 10.3. The average molecular weight is 280 g/mol. The summed E-state index contributed by atoms with van der Waals surface area (Å²) in [6, 6.07) is 10.4. The molecule has 3 aromatic rings. The van der Waals surface area contributed by atoms with E-state index in [9.17, 15) is 0 Å². The molecule has 0 unspecified atom stereocenters. The van der Waals surface area contributed by atoms with Crippen LogP contribution in [-0.2, 0) is 6.42 Å². The lowest BCUT2D eigenvalue weighted by Crippen LogP contribution is -2.08. The molecule has 0 aliphatic heterocycles. The number of hydrogen-bond donors (Lipinski definition) is 1. The van der Waals surface area contributed by atoms with Crippen LogP contribution in [0.1, 0.15) is 11.3 Å². The third-order valence-corrected chi connectivity index (χ3v) is 4.06. The molecule has 2 heterocycles. The van der Waals surface area contributed by atoms with Crippen molar-refractivity contribution in [2.24, 2.45) is 0 Å². The first-order chi connectivity index (χ1) is 9.88. The molecule has 5 heteroatoms. The van der Waals surface area contributed by atoms with E-state index in [-0.39, 0.29) is 0 Å². The molecule has 0 atom stereocenters. The van der Waals surface area contributed by atoms with Gasteiger partial charge in [0.05, 0.1) is 0 Å². The van der Waals surface area contributed by atoms with Crippen LogP contribution in [0.3, 0.4) is 0 Å². The first-order valence-electron chi connectivity index (χ1n) is 6.28. The molecule has 20 heavy (non-hydrogen) atoms. The van der Waals surface area contributed by atoms with Gasteiger partial charge in [-0.25, -0.2) is 9.97 Å². The first kappa shape index (κ1) is 12.6. The SMILES string of the molecule is N#Cc1nccnc1NCCc1csc2ccccc12. The minimum Gasteiger partial charge on any atom is -0.367 e. The monoisotopic (exact) mass is 280 g/mol. The van der Waals surface area contributed by atoms with Crippen LogP contribution in [0.2, 0.25) is 0 Å². The summed E-state index contributed by atoms with van der Waals surface area (Å²) in [4.78, 5) is 8.12. The Morgan fingerprint density at radius 3 is 2.95 bits per heavy atom. The number of fused-ring (bicyclic) bond motifs is 1. The van der Waals surface area contributed by atoms with E-state index < -0.39 is 0 Å². The second-order valence-electron chi connectivity index (χ2n) is 4.30. The summed E-state index contributed by atoms with van der Waals surface area (Å²) in [5.41, 5.74) is 1.66. The molecule has 1 aromatic carbocycles. The van der Waals surface area contributed by atoms with Crippen LogP contribution in [0.5, 0.6) is 0 Å². The summed E-state index contributed by atoms with van der Waals surface area (Å²) in [5, 5.41) is 15.6. The number of aromatic nitrogens is 2.